The normalized spacial score (nSPS) is 10.7. The Balaban J connectivity index is 1.89. The summed E-state index contributed by atoms with van der Waals surface area (Å²) >= 11 is 18.2. The molecule has 0 bridgehead atoms. The van der Waals surface area contributed by atoms with E-state index in [0.717, 1.165) is 7.11 Å². The molecule has 0 fully saturated rings. The third kappa shape index (κ3) is 5.12. The number of nitrogens with zero attached hydrogens (tertiary/aromatic N) is 1. The molecule has 0 atom stereocenters. The van der Waals surface area contributed by atoms with Crippen LogP contribution in [0.25, 0.3) is 16.6 Å². The van der Waals surface area contributed by atoms with Gasteiger partial charge in [0.2, 0.25) is 5.88 Å². The second-order valence-corrected chi connectivity index (χ2v) is 8.56. The third-order valence-electron chi connectivity index (χ3n) is 5.15. The molecular weight excluding hydrogens is 515 g/mol. The van der Waals surface area contributed by atoms with E-state index in [1.165, 1.54) is 18.2 Å². The predicted molar refractivity (Wildman–Crippen MR) is 135 cm³/mol. The molecule has 0 aliphatic heterocycles. The van der Waals surface area contributed by atoms with Crippen LogP contribution in [0.1, 0.15) is 15.9 Å². The molecule has 1 amide bonds. The highest BCUT2D eigenvalue weighted by Gasteiger charge is 2.23. The van der Waals surface area contributed by atoms with Crippen LogP contribution >= 0.6 is 34.8 Å². The number of hydrogen-bond donors (Lipinski definition) is 1. The number of para-hydroxylation sites is 1. The molecule has 0 spiro atoms. The maximum Gasteiger partial charge on any atom is 0.514 e. The van der Waals surface area contributed by atoms with Crippen LogP contribution in [0.4, 0.5) is 4.79 Å². The molecule has 0 unspecified atom stereocenters. The van der Waals surface area contributed by atoms with Crippen molar-refractivity contribution in [1.29, 1.82) is 0 Å². The van der Waals surface area contributed by atoms with E-state index in [2.05, 4.69) is 10.1 Å². The Bertz CT molecular complexity index is 1500. The number of halogens is 3. The molecule has 0 aliphatic carbocycles. The van der Waals surface area contributed by atoms with Gasteiger partial charge in [-0.15, -0.1) is 0 Å². The van der Waals surface area contributed by atoms with Crippen molar-refractivity contribution in [2.24, 2.45) is 0 Å². The maximum atomic E-state index is 13.5. The Kier molecular flexibility index (Phi) is 7.31. The summed E-state index contributed by atoms with van der Waals surface area (Å²) in [6, 6.07) is 18.1. The van der Waals surface area contributed by atoms with Crippen molar-refractivity contribution in [2.75, 3.05) is 7.11 Å². The summed E-state index contributed by atoms with van der Waals surface area (Å²) in [7, 11) is 1.15. The van der Waals surface area contributed by atoms with Crippen LogP contribution in [0.3, 0.4) is 0 Å². The molecular formula is C25H17Cl3N2O5. The quantitative estimate of drug-likeness (QED) is 0.318. The van der Waals surface area contributed by atoms with E-state index < -0.39 is 17.5 Å². The van der Waals surface area contributed by atoms with E-state index in [9.17, 15) is 14.4 Å². The van der Waals surface area contributed by atoms with Crippen LogP contribution in [0, 0.1) is 0 Å². The van der Waals surface area contributed by atoms with Gasteiger partial charge in [0.05, 0.1) is 34.8 Å². The number of ether oxygens (including phenoxy) is 2. The molecule has 0 saturated heterocycles. The number of rotatable bonds is 5. The van der Waals surface area contributed by atoms with Crippen molar-refractivity contribution >= 4 is 57.8 Å². The lowest BCUT2D eigenvalue weighted by molar-refractivity contribution is 0.0950. The van der Waals surface area contributed by atoms with E-state index in [1.807, 2.05) is 6.07 Å². The van der Waals surface area contributed by atoms with E-state index in [0.29, 0.717) is 26.6 Å². The van der Waals surface area contributed by atoms with Crippen LogP contribution in [0.15, 0.2) is 71.5 Å². The highest BCUT2D eigenvalue weighted by Crippen LogP contribution is 2.30. The summed E-state index contributed by atoms with van der Waals surface area (Å²) in [5, 5.41) is 3.88. The van der Waals surface area contributed by atoms with Crippen LogP contribution in [0.2, 0.25) is 15.1 Å². The van der Waals surface area contributed by atoms with Gasteiger partial charge in [0.15, 0.2) is 5.43 Å². The first-order valence-electron chi connectivity index (χ1n) is 10.2. The number of carbonyl (C=O) groups excluding carboxylic acids is 2. The van der Waals surface area contributed by atoms with Gasteiger partial charge in [0.25, 0.3) is 5.91 Å². The zero-order valence-corrected chi connectivity index (χ0v) is 20.4. The van der Waals surface area contributed by atoms with E-state index in [-0.39, 0.29) is 28.6 Å². The number of pyridine rings is 1. The topological polar surface area (TPSA) is 86.6 Å². The van der Waals surface area contributed by atoms with Gasteiger partial charge in [-0.1, -0.05) is 53.0 Å². The van der Waals surface area contributed by atoms with Gasteiger partial charge in [-0.25, -0.2) is 4.79 Å². The van der Waals surface area contributed by atoms with Crippen LogP contribution in [-0.2, 0) is 11.3 Å². The van der Waals surface area contributed by atoms with Gasteiger partial charge in [-0.2, -0.15) is 0 Å². The predicted octanol–water partition coefficient (Wildman–Crippen LogP) is 6.03. The van der Waals surface area contributed by atoms with Gasteiger partial charge in [0.1, 0.15) is 0 Å². The summed E-state index contributed by atoms with van der Waals surface area (Å²) in [5.74, 6) is -0.619. The molecule has 7 nitrogen and oxygen atoms in total. The standard InChI is InChI=1S/C25H17Cl3N2O5/c1-34-25(33)35-24-18(13-29-23(32)14-7-10-19(27)20(28)11-14)22(31)17-9-8-15(26)12-21(17)30(24)16-5-3-2-4-6-16/h2-12H,13H2,1H3,(H,29,32). The van der Waals surface area contributed by atoms with E-state index in [4.69, 9.17) is 39.5 Å². The molecule has 178 valence electrons. The van der Waals surface area contributed by atoms with Crippen LogP contribution in [0.5, 0.6) is 5.88 Å². The van der Waals surface area contributed by atoms with Crippen molar-refractivity contribution in [3.05, 3.63) is 103 Å². The van der Waals surface area contributed by atoms with Crippen LogP contribution in [-0.4, -0.2) is 23.7 Å². The lowest BCUT2D eigenvalue weighted by Gasteiger charge is -2.20. The SMILES string of the molecule is COC(=O)Oc1c(CNC(=O)c2ccc(Cl)c(Cl)c2)c(=O)c2ccc(Cl)cc2n1-c1ccccc1. The van der Waals surface area contributed by atoms with Crippen molar-refractivity contribution in [1.82, 2.24) is 9.88 Å². The Labute approximate surface area is 214 Å². The van der Waals surface area contributed by atoms with Crippen molar-refractivity contribution in [2.45, 2.75) is 6.54 Å². The first kappa shape index (κ1) is 24.6. The third-order valence-corrected chi connectivity index (χ3v) is 6.12. The molecule has 1 N–H and O–H groups in total. The summed E-state index contributed by atoms with van der Waals surface area (Å²) in [4.78, 5) is 38.4. The zero-order valence-electron chi connectivity index (χ0n) is 18.2. The first-order chi connectivity index (χ1) is 16.8. The molecule has 3 aromatic carbocycles. The summed E-state index contributed by atoms with van der Waals surface area (Å²) < 4.78 is 11.7. The van der Waals surface area contributed by atoms with Gasteiger partial charge in [-0.05, 0) is 48.5 Å². The van der Waals surface area contributed by atoms with E-state index in [1.54, 1.807) is 47.0 Å². The Morgan fingerprint density at radius 3 is 2.37 bits per heavy atom. The van der Waals surface area contributed by atoms with Gasteiger partial charge in [0, 0.05) is 21.7 Å². The van der Waals surface area contributed by atoms with Gasteiger partial charge < -0.3 is 14.8 Å². The summed E-state index contributed by atoms with van der Waals surface area (Å²) in [6.45, 7) is -0.254. The van der Waals surface area contributed by atoms with Gasteiger partial charge in [-0.3, -0.25) is 14.2 Å². The lowest BCUT2D eigenvalue weighted by Crippen LogP contribution is -2.29. The minimum absolute atomic E-state index is 0.0301. The number of fused-ring (bicyclic) bond motifs is 1. The van der Waals surface area contributed by atoms with Crippen molar-refractivity contribution in [3.8, 4) is 11.6 Å². The molecule has 35 heavy (non-hydrogen) atoms. The largest absolute Gasteiger partial charge is 0.514 e. The molecule has 0 aliphatic rings. The highest BCUT2D eigenvalue weighted by atomic mass is 35.5. The maximum absolute atomic E-state index is 13.5. The Morgan fingerprint density at radius 2 is 1.69 bits per heavy atom. The number of amides is 1. The monoisotopic (exact) mass is 530 g/mol. The highest BCUT2D eigenvalue weighted by molar-refractivity contribution is 6.42. The number of benzene rings is 3. The molecule has 0 radical (unpaired) electrons. The van der Waals surface area contributed by atoms with E-state index >= 15 is 0 Å². The molecule has 4 aromatic rings. The minimum Gasteiger partial charge on any atom is -0.437 e. The smallest absolute Gasteiger partial charge is 0.437 e. The number of carbonyl (C=O) groups is 2. The Hall–Kier alpha value is -3.52. The van der Waals surface area contributed by atoms with Crippen LogP contribution < -0.4 is 15.5 Å². The lowest BCUT2D eigenvalue weighted by atomic mass is 10.1. The fourth-order valence-electron chi connectivity index (χ4n) is 3.51. The second-order valence-electron chi connectivity index (χ2n) is 7.31. The molecule has 0 saturated carbocycles. The molecule has 1 heterocycles. The fraction of sp³-hybridized carbons (Fsp3) is 0.0800. The molecule has 4 rings (SSSR count). The second kappa shape index (κ2) is 10.4. The summed E-state index contributed by atoms with van der Waals surface area (Å²) in [6.07, 6.45) is -1.03. The molecule has 1 aromatic heterocycles. The number of methoxy groups -OCH3 is 1. The Morgan fingerprint density at radius 1 is 0.943 bits per heavy atom. The number of nitrogens with one attached hydrogen (secondary N) is 1. The summed E-state index contributed by atoms with van der Waals surface area (Å²) in [5.41, 5.74) is 0.827. The average molecular weight is 532 g/mol. The number of aromatic nitrogens is 1. The fourth-order valence-corrected chi connectivity index (χ4v) is 3.98. The van der Waals surface area contributed by atoms with Crippen molar-refractivity contribution < 1.29 is 19.1 Å². The minimum atomic E-state index is -1.03. The average Bonchev–Trinajstić information content (AvgIpc) is 2.85. The zero-order chi connectivity index (χ0) is 25.1. The number of hydrogen-bond acceptors (Lipinski definition) is 5. The first-order valence-corrected chi connectivity index (χ1v) is 11.3. The van der Waals surface area contributed by atoms with Crippen molar-refractivity contribution in [3.63, 3.8) is 0 Å². The van der Waals surface area contributed by atoms with Gasteiger partial charge >= 0.3 is 6.16 Å². The molecule has 10 heteroatoms.